The van der Waals surface area contributed by atoms with E-state index in [0.717, 1.165) is 25.7 Å². The molecule has 0 atom stereocenters. The van der Waals surface area contributed by atoms with E-state index in [1.54, 1.807) is 30.3 Å². The molecule has 2 aromatic rings. The minimum atomic E-state index is -0.257. The maximum Gasteiger partial charge on any atom is 0.258 e. The van der Waals surface area contributed by atoms with Gasteiger partial charge in [-0.15, -0.1) is 0 Å². The first-order valence-electron chi connectivity index (χ1n) is 8.12. The molecule has 1 aromatic carbocycles. The average molecular weight is 329 g/mol. The number of carbonyl (C=O) groups excluding carboxylic acids is 2. The summed E-state index contributed by atoms with van der Waals surface area (Å²) in [5.41, 5.74) is 7.16. The minimum Gasteiger partial charge on any atom is -0.472 e. The largest absolute Gasteiger partial charge is 0.472 e. The van der Waals surface area contributed by atoms with Gasteiger partial charge in [0.2, 0.25) is 5.91 Å². The molecule has 0 bridgehead atoms. The Balaban J connectivity index is 1.81. The Kier molecular flexibility index (Phi) is 7.04. The zero-order valence-corrected chi connectivity index (χ0v) is 13.6. The number of amides is 2. The molecule has 0 saturated heterocycles. The molecule has 0 fully saturated rings. The highest BCUT2D eigenvalue weighted by molar-refractivity contribution is 6.04. The zero-order valence-electron chi connectivity index (χ0n) is 13.6. The number of benzene rings is 1. The molecule has 1 heterocycles. The fraction of sp³-hybridized carbons (Fsp3) is 0.333. The number of carbonyl (C=O) groups is 2. The first-order chi connectivity index (χ1) is 11.7. The van der Waals surface area contributed by atoms with Gasteiger partial charge in [0.05, 0.1) is 11.8 Å². The van der Waals surface area contributed by atoms with Crippen LogP contribution in [0.5, 0.6) is 0 Å². The van der Waals surface area contributed by atoms with Gasteiger partial charge in [0.1, 0.15) is 6.26 Å². The Bertz CT molecular complexity index is 653. The van der Waals surface area contributed by atoms with Crippen molar-refractivity contribution in [3.05, 3.63) is 48.4 Å². The summed E-state index contributed by atoms with van der Waals surface area (Å²) < 4.78 is 4.89. The number of hydrogen-bond donors (Lipinski definition) is 3. The van der Waals surface area contributed by atoms with Crippen LogP contribution >= 0.6 is 0 Å². The van der Waals surface area contributed by atoms with Crippen LogP contribution in [-0.4, -0.2) is 18.4 Å². The highest BCUT2D eigenvalue weighted by Crippen LogP contribution is 2.17. The molecule has 6 nitrogen and oxygen atoms in total. The highest BCUT2D eigenvalue weighted by atomic mass is 16.3. The smallest absolute Gasteiger partial charge is 0.258 e. The predicted octanol–water partition coefficient (Wildman–Crippen LogP) is 3.38. The molecule has 0 spiro atoms. The van der Waals surface area contributed by atoms with Crippen molar-refractivity contribution in [2.75, 3.05) is 17.2 Å². The van der Waals surface area contributed by atoms with Crippen molar-refractivity contribution in [2.45, 2.75) is 32.1 Å². The van der Waals surface area contributed by atoms with Gasteiger partial charge in [-0.1, -0.05) is 18.9 Å². The minimum absolute atomic E-state index is 0.0268. The third-order valence-electron chi connectivity index (χ3n) is 3.55. The van der Waals surface area contributed by atoms with E-state index >= 15 is 0 Å². The van der Waals surface area contributed by atoms with Crippen LogP contribution in [0, 0.1) is 0 Å². The van der Waals surface area contributed by atoms with Gasteiger partial charge in [-0.2, -0.15) is 0 Å². The second kappa shape index (κ2) is 9.52. The van der Waals surface area contributed by atoms with E-state index in [4.69, 9.17) is 10.2 Å². The molecule has 128 valence electrons. The normalized spacial score (nSPS) is 10.4. The van der Waals surface area contributed by atoms with E-state index in [1.807, 2.05) is 0 Å². The lowest BCUT2D eigenvalue weighted by molar-refractivity contribution is -0.116. The quantitative estimate of drug-likeness (QED) is 0.614. The second-order valence-electron chi connectivity index (χ2n) is 5.55. The number of anilines is 2. The third kappa shape index (κ3) is 5.89. The Labute approximate surface area is 141 Å². The van der Waals surface area contributed by atoms with Gasteiger partial charge in [0.15, 0.2) is 0 Å². The molecular weight excluding hydrogens is 306 g/mol. The van der Waals surface area contributed by atoms with Crippen LogP contribution in [0.2, 0.25) is 0 Å². The van der Waals surface area contributed by atoms with Crippen molar-refractivity contribution >= 4 is 23.2 Å². The fourth-order valence-corrected chi connectivity index (χ4v) is 2.28. The summed E-state index contributed by atoms with van der Waals surface area (Å²) in [4.78, 5) is 23.9. The van der Waals surface area contributed by atoms with Gasteiger partial charge < -0.3 is 20.8 Å². The van der Waals surface area contributed by atoms with E-state index in [1.165, 1.54) is 12.5 Å². The monoisotopic (exact) mass is 329 g/mol. The molecule has 6 heteroatoms. The predicted molar refractivity (Wildman–Crippen MR) is 93.9 cm³/mol. The van der Waals surface area contributed by atoms with Crippen LogP contribution in [0.4, 0.5) is 11.4 Å². The van der Waals surface area contributed by atoms with Gasteiger partial charge in [0, 0.05) is 17.8 Å². The lowest BCUT2D eigenvalue weighted by Gasteiger charge is -2.08. The number of unbranched alkanes of at least 4 members (excludes halogenated alkanes) is 3. The number of rotatable bonds is 9. The molecule has 0 aliphatic carbocycles. The van der Waals surface area contributed by atoms with Crippen molar-refractivity contribution in [3.8, 4) is 0 Å². The summed E-state index contributed by atoms with van der Waals surface area (Å²) in [6, 6.07) is 8.65. The van der Waals surface area contributed by atoms with Crippen LogP contribution in [0.15, 0.2) is 47.3 Å². The van der Waals surface area contributed by atoms with Gasteiger partial charge in [-0.3, -0.25) is 9.59 Å². The highest BCUT2D eigenvalue weighted by Gasteiger charge is 2.08. The lowest BCUT2D eigenvalue weighted by atomic mass is 10.1. The Morgan fingerprint density at radius 3 is 2.46 bits per heavy atom. The summed E-state index contributed by atoms with van der Waals surface area (Å²) in [5, 5.41) is 5.61. The SMILES string of the molecule is NCCCCCCC(=O)Nc1cccc(NC(=O)c2ccoc2)c1. The van der Waals surface area contributed by atoms with E-state index in [9.17, 15) is 9.59 Å². The van der Waals surface area contributed by atoms with Crippen LogP contribution < -0.4 is 16.4 Å². The number of nitrogens with two attached hydrogens (primary N) is 1. The van der Waals surface area contributed by atoms with Crippen LogP contribution in [-0.2, 0) is 4.79 Å². The van der Waals surface area contributed by atoms with E-state index in [2.05, 4.69) is 10.6 Å². The number of nitrogens with one attached hydrogen (secondary N) is 2. The van der Waals surface area contributed by atoms with Crippen molar-refractivity contribution < 1.29 is 14.0 Å². The maximum absolute atomic E-state index is 12.0. The van der Waals surface area contributed by atoms with Crippen molar-refractivity contribution in [1.82, 2.24) is 0 Å². The molecule has 2 rings (SSSR count). The second-order valence-corrected chi connectivity index (χ2v) is 5.55. The Morgan fingerprint density at radius 2 is 1.75 bits per heavy atom. The number of furan rings is 1. The van der Waals surface area contributed by atoms with E-state index < -0.39 is 0 Å². The molecule has 0 aliphatic rings. The van der Waals surface area contributed by atoms with Gasteiger partial charge in [-0.05, 0) is 43.7 Å². The first-order valence-corrected chi connectivity index (χ1v) is 8.12. The Hall–Kier alpha value is -2.60. The topological polar surface area (TPSA) is 97.4 Å². The lowest BCUT2D eigenvalue weighted by Crippen LogP contribution is -2.13. The maximum atomic E-state index is 12.0. The molecule has 2 amide bonds. The zero-order chi connectivity index (χ0) is 17.2. The van der Waals surface area contributed by atoms with Crippen molar-refractivity contribution in [3.63, 3.8) is 0 Å². The fourth-order valence-electron chi connectivity index (χ4n) is 2.28. The van der Waals surface area contributed by atoms with Crippen molar-refractivity contribution in [2.24, 2.45) is 5.73 Å². The van der Waals surface area contributed by atoms with Crippen LogP contribution in [0.3, 0.4) is 0 Å². The van der Waals surface area contributed by atoms with Crippen LogP contribution in [0.1, 0.15) is 42.5 Å². The molecule has 0 aliphatic heterocycles. The Morgan fingerprint density at radius 1 is 1.00 bits per heavy atom. The third-order valence-corrected chi connectivity index (χ3v) is 3.55. The van der Waals surface area contributed by atoms with Crippen LogP contribution in [0.25, 0.3) is 0 Å². The first kappa shape index (κ1) is 17.7. The molecule has 1 aromatic heterocycles. The van der Waals surface area contributed by atoms with Gasteiger partial charge in [-0.25, -0.2) is 0 Å². The molecule has 0 saturated carbocycles. The summed E-state index contributed by atoms with van der Waals surface area (Å²) in [6.45, 7) is 0.698. The molecule has 0 radical (unpaired) electrons. The summed E-state index contributed by atoms with van der Waals surface area (Å²) in [5.74, 6) is -0.284. The number of hydrogen-bond acceptors (Lipinski definition) is 4. The van der Waals surface area contributed by atoms with E-state index in [0.29, 0.717) is 29.9 Å². The van der Waals surface area contributed by atoms with Gasteiger partial charge >= 0.3 is 0 Å². The van der Waals surface area contributed by atoms with E-state index in [-0.39, 0.29) is 11.8 Å². The summed E-state index contributed by atoms with van der Waals surface area (Å²) >= 11 is 0. The molecule has 0 unspecified atom stereocenters. The molecule has 24 heavy (non-hydrogen) atoms. The average Bonchev–Trinajstić information content (AvgIpc) is 3.09. The molecular formula is C18H23N3O3. The summed E-state index contributed by atoms with van der Waals surface area (Å²) in [6.07, 6.45) is 7.22. The standard InChI is InChI=1S/C18H23N3O3/c19-10-4-2-1-3-8-17(22)20-15-6-5-7-16(12-15)21-18(23)14-9-11-24-13-14/h5-7,9,11-13H,1-4,8,10,19H2,(H,20,22)(H,21,23). The summed E-state index contributed by atoms with van der Waals surface area (Å²) in [7, 11) is 0. The van der Waals surface area contributed by atoms with Crippen molar-refractivity contribution in [1.29, 1.82) is 0 Å². The molecule has 4 N–H and O–H groups in total. The van der Waals surface area contributed by atoms with Gasteiger partial charge in [0.25, 0.3) is 5.91 Å².